The van der Waals surface area contributed by atoms with E-state index in [-0.39, 0.29) is 0 Å². The number of thiazole rings is 1. The van der Waals surface area contributed by atoms with Crippen LogP contribution in [0.1, 0.15) is 11.1 Å². The molecule has 12 aromatic carbocycles. The summed E-state index contributed by atoms with van der Waals surface area (Å²) in [6, 6.07) is 133. The van der Waals surface area contributed by atoms with Gasteiger partial charge in [0.15, 0.2) is 6.39 Å². The lowest BCUT2D eigenvalue weighted by Gasteiger charge is -1.98. The molecule has 0 fully saturated rings. The van der Waals surface area contributed by atoms with E-state index in [0.717, 1.165) is 17.4 Å². The van der Waals surface area contributed by atoms with E-state index >= 15 is 0 Å². The van der Waals surface area contributed by atoms with Crippen LogP contribution in [0.4, 0.5) is 0 Å². The zero-order valence-corrected chi connectivity index (χ0v) is 77.2. The molecule has 0 unspecified atom stereocenters. The predicted molar refractivity (Wildman–Crippen MR) is 564 cm³/mol. The molecule has 0 saturated carbocycles. The van der Waals surface area contributed by atoms with Gasteiger partial charge in [0, 0.05) is 120 Å². The Hall–Kier alpha value is -14.7. The molecule has 27 aromatic rings. The summed E-state index contributed by atoms with van der Waals surface area (Å²) in [5.74, 6) is 0. The minimum atomic E-state index is 0.956. The number of benzene rings is 12. The second-order valence-electron chi connectivity index (χ2n) is 27.3. The Labute approximate surface area is 788 Å². The van der Waals surface area contributed by atoms with Gasteiger partial charge in [-0.2, -0.15) is 11.3 Å². The maximum absolute atomic E-state index is 5.12. The van der Waals surface area contributed by atoms with E-state index in [4.69, 9.17) is 4.42 Å². The Bertz CT molecular complexity index is 6480. The Kier molecular flexibility index (Phi) is 39.4. The second-order valence-corrected chi connectivity index (χ2v) is 34.7. The van der Waals surface area contributed by atoms with Gasteiger partial charge in [-0.3, -0.25) is 9.97 Å². The van der Waals surface area contributed by atoms with Crippen LogP contribution >= 0.6 is 90.7 Å². The fourth-order valence-corrected chi connectivity index (χ4v) is 18.8. The Morgan fingerprint density at radius 2 is 0.708 bits per heavy atom. The summed E-state index contributed by atoms with van der Waals surface area (Å²) < 4.78 is 23.9. The summed E-state index contributed by atoms with van der Waals surface area (Å²) in [6.07, 6.45) is 24.4. The fourth-order valence-electron chi connectivity index (χ4n) is 12.6. The maximum atomic E-state index is 5.12. The molecule has 1 aliphatic carbocycles. The van der Waals surface area contributed by atoms with Crippen LogP contribution in [0.25, 0.3) is 115 Å². The highest BCUT2D eigenvalue weighted by molar-refractivity contribution is 7.26. The average molecular weight is 1840 g/mol. The number of hydrogen-bond donors (Lipinski definition) is 2. The van der Waals surface area contributed by atoms with Gasteiger partial charge in [0.1, 0.15) is 18.2 Å². The lowest BCUT2D eigenvalue weighted by atomic mass is 10.1. The molecule has 1 aliphatic rings. The van der Waals surface area contributed by atoms with Crippen molar-refractivity contribution < 1.29 is 13.3 Å². The molecule has 640 valence electrons. The molecule has 130 heavy (non-hydrogen) atoms. The van der Waals surface area contributed by atoms with Crippen molar-refractivity contribution >= 4 is 194 Å². The van der Waals surface area contributed by atoms with Crippen LogP contribution in [0, 0.1) is 0 Å². The molecule has 15 aromatic heterocycles. The molecule has 0 radical (unpaired) electrons. The average Bonchev–Trinajstić information content (AvgIpc) is 1.65. The van der Waals surface area contributed by atoms with Gasteiger partial charge in [-0.1, -0.05) is 261 Å². The van der Waals surface area contributed by atoms with Crippen molar-refractivity contribution in [2.75, 3.05) is 0 Å². The Morgan fingerprint density at radius 1 is 0.254 bits per heavy atom. The van der Waals surface area contributed by atoms with Crippen molar-refractivity contribution in [3.63, 3.8) is 0 Å². The van der Waals surface area contributed by atoms with E-state index in [9.17, 15) is 0 Å². The minimum absolute atomic E-state index is 0.956. The highest BCUT2D eigenvalue weighted by Crippen LogP contribution is 2.37. The van der Waals surface area contributed by atoms with Gasteiger partial charge in [-0.25, -0.2) is 15.0 Å². The third-order valence-corrected chi connectivity index (χ3v) is 25.5. The van der Waals surface area contributed by atoms with E-state index in [1.165, 1.54) is 134 Å². The molecule has 0 atom stereocenters. The molecule has 0 amide bonds. The lowest BCUT2D eigenvalue weighted by Crippen LogP contribution is -1.77. The van der Waals surface area contributed by atoms with E-state index in [1.807, 2.05) is 184 Å². The molecule has 2 N–H and O–H groups in total. The molecule has 10 nitrogen and oxygen atoms in total. The molecular formula is C112H91N7O3S8. The van der Waals surface area contributed by atoms with Crippen molar-refractivity contribution in [2.24, 2.45) is 0 Å². The van der Waals surface area contributed by atoms with Crippen molar-refractivity contribution in [2.45, 2.75) is 6.42 Å². The van der Waals surface area contributed by atoms with E-state index < -0.39 is 0 Å². The number of furan rings is 2. The number of pyridine rings is 1. The van der Waals surface area contributed by atoms with Crippen molar-refractivity contribution in [1.29, 1.82) is 0 Å². The molecule has 0 saturated heterocycles. The number of nitrogens with zero attached hydrogens (tertiary/aromatic N) is 5. The number of aromatic nitrogens is 7. The lowest BCUT2D eigenvalue weighted by molar-refractivity contribution is 0.558. The largest absolute Gasteiger partial charge is 0.473 e. The molecular weight excluding hydrogens is 1750 g/mol. The van der Waals surface area contributed by atoms with E-state index in [2.05, 4.69) is 331 Å². The summed E-state index contributed by atoms with van der Waals surface area (Å²) in [6.45, 7) is 0. The second kappa shape index (κ2) is 55.0. The number of rotatable bonds is 0. The SMILES string of the molecule is c1cc2cc3sccc3cc2s1.c1cc2sccc2s1.c1cc[nH]c1.c1ccc2c(c1)Cc1ccccc1-2.c1ccc2c(c1)[nH]c1ccccc12.c1ccc2c(c1)sc1ccccc12.c1ccc2ccccc2c1.c1ccc2occc2c1.c1ccc2sccc2c1.c1ccccc1.c1ccncc1.c1ccoc1.c1ccsc1.c1cncnc1.c1cocn1.c1cscn1. The van der Waals surface area contributed by atoms with Crippen molar-refractivity contribution in [3.05, 3.63) is 535 Å². The first-order valence-corrected chi connectivity index (χ1v) is 48.5. The standard InChI is InChI=1S/C13H10.C12H9N.C12H8S.C10H6S2.C10H8.C8H6O.C8H6S.C6H4S2.C6H6.C5H5N.C4H4N2.C4H5N.C4H4O.C4H4S.C3H3NO.C3H3NS/c1-3-7-12-10(5-1)9-11-6-2-4-8-13(11)12;2*1-3-7-11-9(5-1)10-6-2-4-8-12(10)13-11;1-3-11-9-6-8-2-4-12-10(8)5-7(1)9;1-2-6-10-8-4-3-7-9(10)5-1;2*1-2-4-8-7(3-1)5-6-9-8;1-3-7-6-2-4-8-5(1)6;2*1-2-4-6-5-3-1;1-2-5-4-6-3-1;3*1-2-4-5-3-1;2*1-2-5-3-4-1/h1-8H,9H2;1-8,13H;1-8H;1-6H;1-8H;2*1-6H;1-4H;1-6H;1-5H;1-4H;1-5H;2*1-4H;2*1-3H. The third kappa shape index (κ3) is 31.1. The topological polar surface area (TPSA) is 135 Å². The van der Waals surface area contributed by atoms with Gasteiger partial charge >= 0.3 is 0 Å². The number of hydrogen-bond acceptors (Lipinski definition) is 16. The van der Waals surface area contributed by atoms with Gasteiger partial charge in [0.25, 0.3) is 0 Å². The Morgan fingerprint density at radius 3 is 1.12 bits per heavy atom. The van der Waals surface area contributed by atoms with Crippen LogP contribution in [-0.2, 0) is 6.42 Å². The molecule has 0 aliphatic heterocycles. The van der Waals surface area contributed by atoms with E-state index in [1.54, 1.807) is 124 Å². The van der Waals surface area contributed by atoms with Crippen LogP contribution in [0.3, 0.4) is 0 Å². The van der Waals surface area contributed by atoms with Gasteiger partial charge < -0.3 is 23.2 Å². The maximum Gasteiger partial charge on any atom is 0.180 e. The number of aromatic amines is 2. The van der Waals surface area contributed by atoms with Gasteiger partial charge in [-0.05, 0) is 221 Å². The zero-order valence-electron chi connectivity index (χ0n) is 70.7. The van der Waals surface area contributed by atoms with Gasteiger partial charge in [-0.15, -0.1) is 79.4 Å². The molecule has 18 heteroatoms. The summed E-state index contributed by atoms with van der Waals surface area (Å²) in [5.41, 5.74) is 10.9. The Balaban J connectivity index is 0.000000120. The van der Waals surface area contributed by atoms with Crippen molar-refractivity contribution in [1.82, 2.24) is 34.9 Å². The number of thiophene rings is 7. The van der Waals surface area contributed by atoms with Gasteiger partial charge in [0.2, 0.25) is 0 Å². The monoisotopic (exact) mass is 1840 g/mol. The number of oxazole rings is 1. The third-order valence-electron chi connectivity index (χ3n) is 18.6. The number of fused-ring (bicyclic) bond motifs is 15. The summed E-state index contributed by atoms with van der Waals surface area (Å²) in [4.78, 5) is 24.7. The first-order valence-electron chi connectivity index (χ1n) is 41.4. The molecule has 0 spiro atoms. The number of nitrogens with one attached hydrogen (secondary N) is 2. The molecule has 15 heterocycles. The van der Waals surface area contributed by atoms with Crippen LogP contribution in [0.15, 0.2) is 537 Å². The summed E-state index contributed by atoms with van der Waals surface area (Å²) in [7, 11) is 0. The highest BCUT2D eigenvalue weighted by Gasteiger charge is 2.16. The first-order chi connectivity index (χ1) is 64.6. The highest BCUT2D eigenvalue weighted by atomic mass is 32.1. The van der Waals surface area contributed by atoms with Gasteiger partial charge in [0.05, 0.1) is 30.5 Å². The van der Waals surface area contributed by atoms with Crippen LogP contribution in [0.5, 0.6) is 0 Å². The fraction of sp³-hybridized carbons (Fsp3) is 0.00893. The zero-order chi connectivity index (χ0) is 88.8. The first kappa shape index (κ1) is 93.0. The van der Waals surface area contributed by atoms with Crippen LogP contribution in [-0.4, -0.2) is 34.9 Å². The minimum Gasteiger partial charge on any atom is -0.473 e. The summed E-state index contributed by atoms with van der Waals surface area (Å²) in [5, 5.41) is 29.9. The van der Waals surface area contributed by atoms with E-state index in [0.29, 0.717) is 0 Å². The predicted octanol–water partition coefficient (Wildman–Crippen LogP) is 35.0. The number of H-pyrrole nitrogens is 2. The summed E-state index contributed by atoms with van der Waals surface area (Å²) >= 11 is 14.2. The smallest absolute Gasteiger partial charge is 0.180 e. The quantitative estimate of drug-likeness (QED) is 0.153. The number of para-hydroxylation sites is 3. The normalized spacial score (nSPS) is 9.97. The van der Waals surface area contributed by atoms with Crippen LogP contribution in [0.2, 0.25) is 0 Å². The molecule has 0 bridgehead atoms. The molecule has 28 rings (SSSR count). The van der Waals surface area contributed by atoms with Crippen LogP contribution < -0.4 is 0 Å². The van der Waals surface area contributed by atoms with Crippen molar-refractivity contribution in [3.8, 4) is 11.1 Å².